The van der Waals surface area contributed by atoms with Crippen LogP contribution in [0.4, 0.5) is 13.2 Å². The fourth-order valence-corrected chi connectivity index (χ4v) is 1.91. The molecule has 108 valence electrons. The van der Waals surface area contributed by atoms with Crippen LogP contribution in [0.1, 0.15) is 16.7 Å². The number of nitriles is 1. The lowest BCUT2D eigenvalue weighted by Gasteiger charge is -2.14. The third-order valence-corrected chi connectivity index (χ3v) is 3.04. The Morgan fingerprint density at radius 2 is 1.81 bits per heavy atom. The van der Waals surface area contributed by atoms with Gasteiger partial charge >= 0.3 is 6.18 Å². The molecule has 0 N–H and O–H groups in total. The molecule has 0 atom stereocenters. The van der Waals surface area contributed by atoms with E-state index in [4.69, 9.17) is 21.6 Å². The van der Waals surface area contributed by atoms with Gasteiger partial charge in [0.25, 0.3) is 0 Å². The van der Waals surface area contributed by atoms with Crippen LogP contribution in [0.25, 0.3) is 0 Å². The molecule has 0 amide bonds. The molecule has 21 heavy (non-hydrogen) atoms. The van der Waals surface area contributed by atoms with Gasteiger partial charge in [-0.15, -0.1) is 11.6 Å². The van der Waals surface area contributed by atoms with Crippen molar-refractivity contribution in [1.82, 2.24) is 0 Å². The van der Waals surface area contributed by atoms with Crippen LogP contribution in [-0.4, -0.2) is 0 Å². The van der Waals surface area contributed by atoms with Crippen molar-refractivity contribution in [2.75, 3.05) is 0 Å². The normalized spacial score (nSPS) is 11.0. The van der Waals surface area contributed by atoms with Gasteiger partial charge in [-0.2, -0.15) is 18.4 Å². The Morgan fingerprint density at radius 1 is 1.10 bits per heavy atom. The van der Waals surface area contributed by atoms with Crippen molar-refractivity contribution in [1.29, 1.82) is 5.26 Å². The van der Waals surface area contributed by atoms with Crippen LogP contribution in [0.15, 0.2) is 42.5 Å². The average molecular weight is 312 g/mol. The highest BCUT2D eigenvalue weighted by atomic mass is 35.5. The summed E-state index contributed by atoms with van der Waals surface area (Å²) in [5.74, 6) is -0.0862. The van der Waals surface area contributed by atoms with Crippen molar-refractivity contribution in [2.45, 2.75) is 12.1 Å². The second kappa shape index (κ2) is 6.06. The second-order valence-electron chi connectivity index (χ2n) is 4.17. The minimum atomic E-state index is -4.53. The van der Waals surface area contributed by atoms with Gasteiger partial charge in [0.15, 0.2) is 0 Å². The molecule has 0 radical (unpaired) electrons. The molecule has 0 aromatic heterocycles. The first-order chi connectivity index (χ1) is 9.95. The Morgan fingerprint density at radius 3 is 2.43 bits per heavy atom. The van der Waals surface area contributed by atoms with E-state index in [1.54, 1.807) is 6.07 Å². The van der Waals surface area contributed by atoms with E-state index in [2.05, 4.69) is 0 Å². The summed E-state index contributed by atoms with van der Waals surface area (Å²) in [6.45, 7) is 0. The van der Waals surface area contributed by atoms with Gasteiger partial charge in [0.1, 0.15) is 17.6 Å². The Balaban J connectivity index is 2.42. The van der Waals surface area contributed by atoms with Gasteiger partial charge < -0.3 is 4.74 Å². The van der Waals surface area contributed by atoms with Gasteiger partial charge in [0.2, 0.25) is 0 Å². The van der Waals surface area contributed by atoms with Crippen LogP contribution in [0.2, 0.25) is 0 Å². The van der Waals surface area contributed by atoms with Gasteiger partial charge in [-0.3, -0.25) is 0 Å². The van der Waals surface area contributed by atoms with E-state index in [1.165, 1.54) is 30.3 Å². The fraction of sp³-hybridized carbons (Fsp3) is 0.133. The van der Waals surface area contributed by atoms with Gasteiger partial charge in [-0.05, 0) is 29.8 Å². The van der Waals surface area contributed by atoms with Gasteiger partial charge in [-0.25, -0.2) is 0 Å². The van der Waals surface area contributed by atoms with E-state index in [0.29, 0.717) is 5.56 Å². The molecular weight excluding hydrogens is 303 g/mol. The Bertz CT molecular complexity index is 692. The van der Waals surface area contributed by atoms with E-state index in [9.17, 15) is 13.2 Å². The van der Waals surface area contributed by atoms with E-state index >= 15 is 0 Å². The Kier molecular flexibility index (Phi) is 4.39. The molecular formula is C15H9ClF3NO. The lowest BCUT2D eigenvalue weighted by atomic mass is 10.1. The summed E-state index contributed by atoms with van der Waals surface area (Å²) >= 11 is 5.65. The monoisotopic (exact) mass is 311 g/mol. The minimum absolute atomic E-state index is 0.0584. The maximum absolute atomic E-state index is 12.9. The van der Waals surface area contributed by atoms with E-state index in [1.807, 2.05) is 6.07 Å². The number of halogens is 4. The second-order valence-corrected chi connectivity index (χ2v) is 4.44. The van der Waals surface area contributed by atoms with Crippen molar-refractivity contribution in [3.8, 4) is 17.6 Å². The molecule has 0 saturated heterocycles. The molecule has 0 bridgehead atoms. The molecule has 0 spiro atoms. The molecule has 0 saturated carbocycles. The topological polar surface area (TPSA) is 33.0 Å². The number of benzene rings is 2. The van der Waals surface area contributed by atoms with Gasteiger partial charge in [0.05, 0.1) is 11.1 Å². The molecule has 2 nitrogen and oxygen atoms in total. The molecule has 0 aliphatic carbocycles. The molecule has 0 unspecified atom stereocenters. The molecule has 0 aliphatic heterocycles. The first-order valence-corrected chi connectivity index (χ1v) is 6.42. The van der Waals surface area contributed by atoms with Crippen LogP contribution in [-0.2, 0) is 12.1 Å². The molecule has 0 fully saturated rings. The van der Waals surface area contributed by atoms with Gasteiger partial charge in [-0.1, -0.05) is 18.2 Å². The highest BCUT2D eigenvalue weighted by Crippen LogP contribution is 2.38. The summed E-state index contributed by atoms with van der Waals surface area (Å²) in [4.78, 5) is 0. The predicted molar refractivity (Wildman–Crippen MR) is 72.2 cm³/mol. The lowest BCUT2D eigenvalue weighted by molar-refractivity contribution is -0.138. The van der Waals surface area contributed by atoms with Crippen LogP contribution >= 0.6 is 11.6 Å². The van der Waals surface area contributed by atoms with Crippen molar-refractivity contribution in [3.05, 3.63) is 59.2 Å². The first kappa shape index (κ1) is 15.2. The number of hydrogen-bond acceptors (Lipinski definition) is 2. The molecule has 6 heteroatoms. The number of rotatable bonds is 3. The van der Waals surface area contributed by atoms with Crippen LogP contribution in [0.3, 0.4) is 0 Å². The quantitative estimate of drug-likeness (QED) is 0.738. The number of hydrogen-bond donors (Lipinski definition) is 0. The smallest absolute Gasteiger partial charge is 0.419 e. The van der Waals surface area contributed by atoms with Crippen molar-refractivity contribution in [2.24, 2.45) is 0 Å². The molecule has 0 aliphatic rings. The summed E-state index contributed by atoms with van der Waals surface area (Å²) in [6, 6.07) is 11.2. The van der Waals surface area contributed by atoms with Crippen LogP contribution in [0, 0.1) is 11.3 Å². The maximum Gasteiger partial charge on any atom is 0.419 e. The maximum atomic E-state index is 12.9. The number of ether oxygens (including phenoxy) is 1. The van der Waals surface area contributed by atoms with Crippen LogP contribution < -0.4 is 4.74 Å². The summed E-state index contributed by atoms with van der Waals surface area (Å²) < 4.78 is 43.9. The molecule has 0 heterocycles. The Hall–Kier alpha value is -2.19. The lowest BCUT2D eigenvalue weighted by Crippen LogP contribution is -2.07. The third-order valence-electron chi connectivity index (χ3n) is 2.73. The highest BCUT2D eigenvalue weighted by molar-refractivity contribution is 6.17. The van der Waals surface area contributed by atoms with E-state index in [-0.39, 0.29) is 22.9 Å². The summed E-state index contributed by atoms with van der Waals surface area (Å²) in [7, 11) is 0. The van der Waals surface area contributed by atoms with Gasteiger partial charge in [0, 0.05) is 5.88 Å². The summed E-state index contributed by atoms with van der Waals surface area (Å²) in [5.41, 5.74) is -0.0786. The zero-order chi connectivity index (χ0) is 15.5. The zero-order valence-corrected chi connectivity index (χ0v) is 11.4. The SMILES string of the molecule is N#Cc1cc(CCl)ccc1Oc1ccccc1C(F)(F)F. The highest BCUT2D eigenvalue weighted by Gasteiger charge is 2.34. The standard InChI is InChI=1S/C15H9ClF3NO/c16-8-10-5-6-13(11(7-10)9-20)21-14-4-2-1-3-12(14)15(17,18)19/h1-7H,8H2. The Labute approximate surface area is 124 Å². The molecule has 2 aromatic rings. The zero-order valence-electron chi connectivity index (χ0n) is 10.6. The average Bonchev–Trinajstić information content (AvgIpc) is 2.47. The largest absolute Gasteiger partial charge is 0.455 e. The van der Waals surface area contributed by atoms with Crippen molar-refractivity contribution < 1.29 is 17.9 Å². The van der Waals surface area contributed by atoms with Crippen molar-refractivity contribution in [3.63, 3.8) is 0 Å². The summed E-state index contributed by atoms with van der Waals surface area (Å²) in [5, 5.41) is 9.05. The number of para-hydroxylation sites is 1. The minimum Gasteiger partial charge on any atom is -0.455 e. The van der Waals surface area contributed by atoms with E-state index in [0.717, 1.165) is 6.07 Å². The third kappa shape index (κ3) is 3.47. The molecule has 2 rings (SSSR count). The van der Waals surface area contributed by atoms with Crippen LogP contribution in [0.5, 0.6) is 11.5 Å². The number of nitrogens with zero attached hydrogens (tertiary/aromatic N) is 1. The fourth-order valence-electron chi connectivity index (χ4n) is 1.74. The van der Waals surface area contributed by atoms with E-state index < -0.39 is 11.7 Å². The van der Waals surface area contributed by atoms with Crippen molar-refractivity contribution >= 4 is 11.6 Å². The first-order valence-electron chi connectivity index (χ1n) is 5.89. The number of alkyl halides is 4. The predicted octanol–water partition coefficient (Wildman–Crippen LogP) is 5.11. The molecule has 2 aromatic carbocycles. The summed E-state index contributed by atoms with van der Waals surface area (Å²) in [6.07, 6.45) is -4.53.